The molecule has 2 aliphatic carbocycles. The molecule has 3 rings (SSSR count). The van der Waals surface area contributed by atoms with Gasteiger partial charge in [-0.1, -0.05) is 13.8 Å². The van der Waals surface area contributed by atoms with Gasteiger partial charge < -0.3 is 15.4 Å². The molecule has 96 valence electrons. The highest BCUT2D eigenvalue weighted by Gasteiger charge is 2.59. The third-order valence-corrected chi connectivity index (χ3v) is 4.64. The van der Waals surface area contributed by atoms with E-state index in [1.54, 1.807) is 0 Å². The summed E-state index contributed by atoms with van der Waals surface area (Å²) in [6, 6.07) is 0.273. The summed E-state index contributed by atoms with van der Waals surface area (Å²) in [6.45, 7) is 6.06. The molecule has 0 radical (unpaired) electrons. The van der Waals surface area contributed by atoms with Gasteiger partial charge in [0.2, 0.25) is 0 Å². The molecule has 4 nitrogen and oxygen atoms in total. The molecule has 3 aliphatic rings. The number of rotatable bonds is 3. The van der Waals surface area contributed by atoms with Crippen LogP contribution in [0.3, 0.4) is 0 Å². The second-order valence-electron chi connectivity index (χ2n) is 6.34. The van der Waals surface area contributed by atoms with Crippen LogP contribution in [0, 0.1) is 17.3 Å². The first kappa shape index (κ1) is 11.3. The van der Waals surface area contributed by atoms with E-state index in [2.05, 4.69) is 24.5 Å². The molecule has 1 saturated heterocycles. The Kier molecular flexibility index (Phi) is 2.58. The number of fused-ring (bicyclic) bond motifs is 1. The smallest absolute Gasteiger partial charge is 0.315 e. The molecule has 3 fully saturated rings. The van der Waals surface area contributed by atoms with E-state index in [9.17, 15) is 4.79 Å². The number of carbonyl (C=O) groups is 1. The minimum absolute atomic E-state index is 0.000301. The fraction of sp³-hybridized carbons (Fsp3) is 0.923. The van der Waals surface area contributed by atoms with Gasteiger partial charge in [0.25, 0.3) is 0 Å². The number of nitrogens with one attached hydrogen (secondary N) is 2. The molecule has 2 N–H and O–H groups in total. The molecule has 2 amide bonds. The number of hydrogen-bond acceptors (Lipinski definition) is 2. The van der Waals surface area contributed by atoms with Crippen molar-refractivity contribution in [1.82, 2.24) is 10.6 Å². The largest absolute Gasteiger partial charge is 0.377 e. The third kappa shape index (κ3) is 1.92. The summed E-state index contributed by atoms with van der Waals surface area (Å²) in [5.74, 6) is 1.26. The molecule has 3 atom stereocenters. The van der Waals surface area contributed by atoms with Gasteiger partial charge in [0.15, 0.2) is 0 Å². The second kappa shape index (κ2) is 3.87. The summed E-state index contributed by atoms with van der Waals surface area (Å²) < 4.78 is 5.72. The summed E-state index contributed by atoms with van der Waals surface area (Å²) in [5, 5.41) is 6.10. The molecular weight excluding hydrogens is 216 g/mol. The molecule has 4 heteroatoms. The van der Waals surface area contributed by atoms with Crippen molar-refractivity contribution in [3.63, 3.8) is 0 Å². The lowest BCUT2D eigenvalue weighted by atomic mass is 9.57. The molecule has 0 aromatic rings. The number of carbonyl (C=O) groups excluding carboxylic acids is 1. The van der Waals surface area contributed by atoms with Crippen molar-refractivity contribution in [2.24, 2.45) is 17.3 Å². The maximum Gasteiger partial charge on any atom is 0.315 e. The predicted octanol–water partition coefficient (Wildman–Crippen LogP) is 1.51. The van der Waals surface area contributed by atoms with E-state index < -0.39 is 0 Å². The molecule has 1 aliphatic heterocycles. The van der Waals surface area contributed by atoms with Gasteiger partial charge in [0.05, 0.1) is 6.10 Å². The number of amides is 2. The standard InChI is InChI=1S/C13H22N2O2/c1-13(2)10(9-5-6-17-11(9)13)15-12(16)14-7-8-3-4-8/h8-11H,3-7H2,1-2H3,(H2,14,15,16). The molecule has 0 bridgehead atoms. The van der Waals surface area contributed by atoms with Crippen LogP contribution in [0.4, 0.5) is 4.79 Å². The van der Waals surface area contributed by atoms with Crippen molar-refractivity contribution >= 4 is 6.03 Å². The monoisotopic (exact) mass is 238 g/mol. The summed E-state index contributed by atoms with van der Waals surface area (Å²) >= 11 is 0. The summed E-state index contributed by atoms with van der Waals surface area (Å²) in [5.41, 5.74) is 0.0814. The van der Waals surface area contributed by atoms with Gasteiger partial charge in [0, 0.05) is 30.5 Å². The van der Waals surface area contributed by atoms with Crippen LogP contribution in [0.25, 0.3) is 0 Å². The number of ether oxygens (including phenoxy) is 1. The van der Waals surface area contributed by atoms with Crippen LogP contribution < -0.4 is 10.6 Å². The van der Waals surface area contributed by atoms with E-state index in [4.69, 9.17) is 4.74 Å². The summed E-state index contributed by atoms with van der Waals surface area (Å²) in [4.78, 5) is 11.8. The fourth-order valence-corrected chi connectivity index (χ4v) is 3.37. The molecule has 2 saturated carbocycles. The maximum atomic E-state index is 11.8. The van der Waals surface area contributed by atoms with Crippen molar-refractivity contribution in [3.8, 4) is 0 Å². The van der Waals surface area contributed by atoms with Crippen LogP contribution in [0.1, 0.15) is 33.1 Å². The quantitative estimate of drug-likeness (QED) is 0.783. The van der Waals surface area contributed by atoms with Crippen molar-refractivity contribution in [2.45, 2.75) is 45.3 Å². The highest BCUT2D eigenvalue weighted by atomic mass is 16.5. The normalized spacial score (nSPS) is 38.1. The Bertz CT molecular complexity index is 325. The predicted molar refractivity (Wildman–Crippen MR) is 64.7 cm³/mol. The lowest BCUT2D eigenvalue weighted by Crippen LogP contribution is -2.67. The lowest BCUT2D eigenvalue weighted by Gasteiger charge is -2.54. The topological polar surface area (TPSA) is 50.4 Å². The van der Waals surface area contributed by atoms with Gasteiger partial charge in [-0.15, -0.1) is 0 Å². The molecule has 3 unspecified atom stereocenters. The first-order chi connectivity index (χ1) is 8.09. The van der Waals surface area contributed by atoms with Gasteiger partial charge in [-0.2, -0.15) is 0 Å². The summed E-state index contributed by atoms with van der Waals surface area (Å²) in [7, 11) is 0. The molecule has 17 heavy (non-hydrogen) atoms. The highest BCUT2D eigenvalue weighted by Crippen LogP contribution is 2.52. The first-order valence-electron chi connectivity index (χ1n) is 6.75. The van der Waals surface area contributed by atoms with Crippen molar-refractivity contribution in [3.05, 3.63) is 0 Å². The van der Waals surface area contributed by atoms with Gasteiger partial charge >= 0.3 is 6.03 Å². The van der Waals surface area contributed by atoms with Crippen molar-refractivity contribution in [1.29, 1.82) is 0 Å². The minimum Gasteiger partial charge on any atom is -0.377 e. The Hall–Kier alpha value is -0.770. The second-order valence-corrected chi connectivity index (χ2v) is 6.34. The van der Waals surface area contributed by atoms with E-state index in [0.29, 0.717) is 12.0 Å². The lowest BCUT2D eigenvalue weighted by molar-refractivity contribution is -0.108. The van der Waals surface area contributed by atoms with Gasteiger partial charge in [-0.3, -0.25) is 0 Å². The average Bonchev–Trinajstić information content (AvgIpc) is 3.00. The van der Waals surface area contributed by atoms with E-state index in [-0.39, 0.29) is 17.5 Å². The van der Waals surface area contributed by atoms with Crippen LogP contribution in [0.5, 0.6) is 0 Å². The summed E-state index contributed by atoms with van der Waals surface area (Å²) in [6.07, 6.45) is 3.97. The molecule has 0 aromatic carbocycles. The van der Waals surface area contributed by atoms with Gasteiger partial charge in [-0.25, -0.2) is 4.79 Å². The number of urea groups is 1. The molecule has 1 heterocycles. The molecule has 0 aromatic heterocycles. The Balaban J connectivity index is 1.51. The van der Waals surface area contributed by atoms with Crippen LogP contribution in [-0.2, 0) is 4.74 Å². The zero-order chi connectivity index (χ0) is 12.0. The average molecular weight is 238 g/mol. The Morgan fingerprint density at radius 1 is 1.35 bits per heavy atom. The van der Waals surface area contributed by atoms with Crippen LogP contribution in [0.15, 0.2) is 0 Å². The minimum atomic E-state index is 0.000301. The van der Waals surface area contributed by atoms with Crippen LogP contribution >= 0.6 is 0 Å². The third-order valence-electron chi connectivity index (χ3n) is 4.64. The van der Waals surface area contributed by atoms with Crippen molar-refractivity contribution < 1.29 is 9.53 Å². The van der Waals surface area contributed by atoms with Crippen LogP contribution in [-0.4, -0.2) is 31.3 Å². The number of hydrogen-bond donors (Lipinski definition) is 2. The van der Waals surface area contributed by atoms with E-state index in [1.807, 2.05) is 0 Å². The fourth-order valence-electron chi connectivity index (χ4n) is 3.37. The van der Waals surface area contributed by atoms with E-state index in [0.717, 1.165) is 25.5 Å². The Labute approximate surface area is 102 Å². The van der Waals surface area contributed by atoms with Crippen molar-refractivity contribution in [2.75, 3.05) is 13.2 Å². The zero-order valence-corrected chi connectivity index (χ0v) is 10.7. The zero-order valence-electron chi connectivity index (χ0n) is 10.7. The molecular formula is C13H22N2O2. The van der Waals surface area contributed by atoms with Gasteiger partial charge in [-0.05, 0) is 25.2 Å². The van der Waals surface area contributed by atoms with Gasteiger partial charge in [0.1, 0.15) is 0 Å². The van der Waals surface area contributed by atoms with Crippen LogP contribution in [0.2, 0.25) is 0 Å². The Morgan fingerprint density at radius 3 is 2.82 bits per heavy atom. The molecule has 0 spiro atoms. The SMILES string of the molecule is CC1(C)C(NC(=O)NCC2CC2)C2CCOC21. The highest BCUT2D eigenvalue weighted by molar-refractivity contribution is 5.74. The first-order valence-corrected chi connectivity index (χ1v) is 6.75. The van der Waals surface area contributed by atoms with E-state index >= 15 is 0 Å². The van der Waals surface area contributed by atoms with E-state index in [1.165, 1.54) is 12.8 Å². The Morgan fingerprint density at radius 2 is 2.12 bits per heavy atom. The maximum absolute atomic E-state index is 11.8.